The van der Waals surface area contributed by atoms with E-state index in [0.29, 0.717) is 22.8 Å². The lowest BCUT2D eigenvalue weighted by atomic mass is 10.2. The zero-order chi connectivity index (χ0) is 14.5. The molecule has 0 fully saturated rings. The van der Waals surface area contributed by atoms with E-state index in [-0.39, 0.29) is 5.82 Å². The predicted molar refractivity (Wildman–Crippen MR) is 76.4 cm³/mol. The molecule has 0 unspecified atom stereocenters. The molecular formula is C14H14FN3O2. The molecular weight excluding hydrogens is 261 g/mol. The van der Waals surface area contributed by atoms with Gasteiger partial charge < -0.3 is 21.1 Å². The average molecular weight is 275 g/mol. The highest BCUT2D eigenvalue weighted by atomic mass is 19.1. The summed E-state index contributed by atoms with van der Waals surface area (Å²) >= 11 is 0. The molecule has 0 radical (unpaired) electrons. The first-order valence-electron chi connectivity index (χ1n) is 5.85. The first-order chi connectivity index (χ1) is 9.58. The van der Waals surface area contributed by atoms with Crippen molar-refractivity contribution < 1.29 is 13.9 Å². The van der Waals surface area contributed by atoms with E-state index in [1.54, 1.807) is 18.2 Å². The van der Waals surface area contributed by atoms with Crippen LogP contribution in [0, 0.1) is 5.82 Å². The van der Waals surface area contributed by atoms with Crippen molar-refractivity contribution in [1.82, 2.24) is 0 Å². The number of carbonyl (C=O) groups excluding carboxylic acids is 1. The average Bonchev–Trinajstić information content (AvgIpc) is 2.43. The van der Waals surface area contributed by atoms with Gasteiger partial charge in [0.25, 0.3) is 0 Å². The lowest BCUT2D eigenvalue weighted by Gasteiger charge is -2.10. The number of nitrogen functional groups attached to an aromatic ring is 1. The van der Waals surface area contributed by atoms with Crippen molar-refractivity contribution in [2.45, 2.75) is 0 Å². The van der Waals surface area contributed by atoms with E-state index in [9.17, 15) is 9.18 Å². The van der Waals surface area contributed by atoms with Gasteiger partial charge in [0.2, 0.25) is 0 Å². The summed E-state index contributed by atoms with van der Waals surface area (Å²) in [6.45, 7) is 0. The number of ether oxygens (including phenoxy) is 1. The summed E-state index contributed by atoms with van der Waals surface area (Å²) in [6.07, 6.45) is 0. The highest BCUT2D eigenvalue weighted by Gasteiger charge is 2.05. The van der Waals surface area contributed by atoms with Crippen molar-refractivity contribution in [2.24, 2.45) is 0 Å². The lowest BCUT2D eigenvalue weighted by molar-refractivity contribution is 0.262. The van der Waals surface area contributed by atoms with Crippen LogP contribution in [-0.4, -0.2) is 13.1 Å². The second kappa shape index (κ2) is 5.92. The molecule has 2 rings (SSSR count). The van der Waals surface area contributed by atoms with Gasteiger partial charge in [-0.3, -0.25) is 0 Å². The van der Waals surface area contributed by atoms with Crippen LogP contribution in [0.2, 0.25) is 0 Å². The number of halogens is 1. The molecule has 0 bridgehead atoms. The molecule has 0 aliphatic rings. The van der Waals surface area contributed by atoms with E-state index in [2.05, 4.69) is 10.6 Å². The molecule has 0 spiro atoms. The summed E-state index contributed by atoms with van der Waals surface area (Å²) in [5.74, 6) is 0.115. The van der Waals surface area contributed by atoms with Crippen LogP contribution in [-0.2, 0) is 0 Å². The zero-order valence-corrected chi connectivity index (χ0v) is 10.8. The summed E-state index contributed by atoms with van der Waals surface area (Å²) in [5.41, 5.74) is 7.19. The Labute approximate surface area is 115 Å². The third-order valence-corrected chi connectivity index (χ3v) is 2.59. The van der Waals surface area contributed by atoms with Crippen molar-refractivity contribution in [3.8, 4) is 5.75 Å². The normalized spacial score (nSPS) is 9.90. The summed E-state index contributed by atoms with van der Waals surface area (Å²) in [5, 5.41) is 5.21. The molecule has 0 aliphatic carbocycles. The number of anilines is 3. The third kappa shape index (κ3) is 3.38. The molecule has 0 aromatic heterocycles. The van der Waals surface area contributed by atoms with Crippen molar-refractivity contribution in [3.63, 3.8) is 0 Å². The van der Waals surface area contributed by atoms with Crippen molar-refractivity contribution in [2.75, 3.05) is 23.5 Å². The minimum Gasteiger partial charge on any atom is -0.495 e. The van der Waals surface area contributed by atoms with Crippen LogP contribution in [0.1, 0.15) is 0 Å². The first kappa shape index (κ1) is 13.7. The van der Waals surface area contributed by atoms with Gasteiger partial charge in [0.15, 0.2) is 0 Å². The highest BCUT2D eigenvalue weighted by molar-refractivity contribution is 6.00. The van der Waals surface area contributed by atoms with Crippen LogP contribution < -0.4 is 21.1 Å². The molecule has 0 aliphatic heterocycles. The van der Waals surface area contributed by atoms with Gasteiger partial charge in [-0.05, 0) is 36.4 Å². The van der Waals surface area contributed by atoms with Gasteiger partial charge in [-0.2, -0.15) is 0 Å². The first-order valence-corrected chi connectivity index (χ1v) is 5.85. The van der Waals surface area contributed by atoms with Gasteiger partial charge in [-0.25, -0.2) is 9.18 Å². The van der Waals surface area contributed by atoms with Crippen LogP contribution in [0.15, 0.2) is 42.5 Å². The quantitative estimate of drug-likeness (QED) is 0.753. The molecule has 6 heteroatoms. The van der Waals surface area contributed by atoms with Gasteiger partial charge in [0.05, 0.1) is 12.8 Å². The minimum absolute atomic E-state index is 0.362. The van der Waals surface area contributed by atoms with Crippen LogP contribution in [0.25, 0.3) is 0 Å². The van der Waals surface area contributed by atoms with E-state index in [1.165, 1.54) is 31.4 Å². The minimum atomic E-state index is -0.441. The molecule has 2 aromatic rings. The molecule has 104 valence electrons. The molecule has 0 atom stereocenters. The number of nitrogens with two attached hydrogens (primary N) is 1. The molecule has 5 nitrogen and oxygen atoms in total. The van der Waals surface area contributed by atoms with Crippen molar-refractivity contribution >= 4 is 23.1 Å². The number of nitrogens with one attached hydrogen (secondary N) is 2. The summed E-state index contributed by atoms with van der Waals surface area (Å²) in [4.78, 5) is 11.8. The maximum absolute atomic E-state index is 12.7. The number of rotatable bonds is 3. The Bertz CT molecular complexity index is 614. The maximum atomic E-state index is 12.7. The van der Waals surface area contributed by atoms with E-state index in [4.69, 9.17) is 10.5 Å². The number of methoxy groups -OCH3 is 1. The molecule has 4 N–H and O–H groups in total. The predicted octanol–water partition coefficient (Wildman–Crippen LogP) is 3.06. The van der Waals surface area contributed by atoms with Crippen LogP contribution in [0.5, 0.6) is 5.75 Å². The van der Waals surface area contributed by atoms with E-state index >= 15 is 0 Å². The van der Waals surface area contributed by atoms with Crippen molar-refractivity contribution in [1.29, 1.82) is 0 Å². The SMILES string of the molecule is COc1cc(NC(=O)Nc2ccc(F)cc2)ccc1N. The second-order valence-corrected chi connectivity index (χ2v) is 4.04. The Morgan fingerprint density at radius 2 is 1.70 bits per heavy atom. The Morgan fingerprint density at radius 3 is 2.35 bits per heavy atom. The molecule has 2 aromatic carbocycles. The number of carbonyl (C=O) groups is 1. The summed E-state index contributed by atoms with van der Waals surface area (Å²) in [7, 11) is 1.49. The van der Waals surface area contributed by atoms with Crippen LogP contribution in [0.4, 0.5) is 26.2 Å². The second-order valence-electron chi connectivity index (χ2n) is 4.04. The Kier molecular flexibility index (Phi) is 4.05. The summed E-state index contributed by atoms with van der Waals surface area (Å²) < 4.78 is 17.8. The monoisotopic (exact) mass is 275 g/mol. The highest BCUT2D eigenvalue weighted by Crippen LogP contribution is 2.25. The topological polar surface area (TPSA) is 76.4 Å². The van der Waals surface area contributed by atoms with E-state index in [0.717, 1.165) is 0 Å². The number of benzene rings is 2. The van der Waals surface area contributed by atoms with Crippen LogP contribution in [0.3, 0.4) is 0 Å². The fourth-order valence-corrected chi connectivity index (χ4v) is 1.62. The lowest BCUT2D eigenvalue weighted by Crippen LogP contribution is -2.19. The standard InChI is InChI=1S/C14H14FN3O2/c1-20-13-8-11(6-7-12(13)16)18-14(19)17-10-4-2-9(15)3-5-10/h2-8H,16H2,1H3,(H2,17,18,19). The fourth-order valence-electron chi connectivity index (χ4n) is 1.62. The van der Waals surface area contributed by atoms with Gasteiger partial charge in [0.1, 0.15) is 11.6 Å². The van der Waals surface area contributed by atoms with Gasteiger partial charge >= 0.3 is 6.03 Å². The maximum Gasteiger partial charge on any atom is 0.323 e. The summed E-state index contributed by atoms with van der Waals surface area (Å²) in [6, 6.07) is 9.93. The van der Waals surface area contributed by atoms with E-state index in [1.807, 2.05) is 0 Å². The fraction of sp³-hybridized carbons (Fsp3) is 0.0714. The van der Waals surface area contributed by atoms with Crippen LogP contribution >= 0.6 is 0 Å². The smallest absolute Gasteiger partial charge is 0.323 e. The largest absolute Gasteiger partial charge is 0.495 e. The number of hydrogen-bond acceptors (Lipinski definition) is 3. The molecule has 0 heterocycles. The molecule has 0 saturated heterocycles. The zero-order valence-electron chi connectivity index (χ0n) is 10.8. The van der Waals surface area contributed by atoms with Gasteiger partial charge in [-0.15, -0.1) is 0 Å². The van der Waals surface area contributed by atoms with Gasteiger partial charge in [-0.1, -0.05) is 0 Å². The Morgan fingerprint density at radius 1 is 1.10 bits per heavy atom. The number of hydrogen-bond donors (Lipinski definition) is 3. The van der Waals surface area contributed by atoms with E-state index < -0.39 is 6.03 Å². The Balaban J connectivity index is 2.02. The molecule has 0 saturated carbocycles. The Hall–Kier alpha value is -2.76. The van der Waals surface area contributed by atoms with Crippen molar-refractivity contribution in [3.05, 3.63) is 48.3 Å². The number of amides is 2. The third-order valence-electron chi connectivity index (χ3n) is 2.59. The molecule has 20 heavy (non-hydrogen) atoms. The van der Waals surface area contributed by atoms with Gasteiger partial charge in [0, 0.05) is 17.4 Å². The number of urea groups is 1. The molecule has 2 amide bonds.